The lowest BCUT2D eigenvalue weighted by Crippen LogP contribution is -2.41. The topological polar surface area (TPSA) is 75.4 Å². The third-order valence-corrected chi connectivity index (χ3v) is 6.10. The SMILES string of the molecule is [B]N(B(C)Cc1ccccc1)S(=O)(=O)c1cn(C(C)(C)CO)nc1C. The van der Waals surface area contributed by atoms with Gasteiger partial charge in [-0.05, 0) is 27.1 Å². The van der Waals surface area contributed by atoms with Crippen LogP contribution < -0.4 is 0 Å². The summed E-state index contributed by atoms with van der Waals surface area (Å²) >= 11 is 0. The van der Waals surface area contributed by atoms with E-state index in [1.54, 1.807) is 27.6 Å². The van der Waals surface area contributed by atoms with Gasteiger partial charge in [-0.3, -0.25) is 8.81 Å². The number of nitrogens with zero attached hydrogens (tertiary/aromatic N) is 3. The molecule has 2 aromatic rings. The van der Waals surface area contributed by atoms with E-state index in [9.17, 15) is 13.5 Å². The van der Waals surface area contributed by atoms with Crippen LogP contribution in [0.1, 0.15) is 25.1 Å². The Morgan fingerprint density at radius 3 is 2.48 bits per heavy atom. The van der Waals surface area contributed by atoms with Crippen LogP contribution in [0.2, 0.25) is 6.82 Å². The van der Waals surface area contributed by atoms with Crippen molar-refractivity contribution in [1.82, 2.24) is 13.9 Å². The minimum absolute atomic E-state index is 0.0523. The molecule has 0 amide bonds. The Hall–Kier alpha value is -1.57. The predicted molar refractivity (Wildman–Crippen MR) is 99.9 cm³/mol. The molecule has 1 aromatic heterocycles. The number of rotatable bonds is 7. The average Bonchev–Trinajstić information content (AvgIpc) is 2.98. The quantitative estimate of drug-likeness (QED) is 0.759. The van der Waals surface area contributed by atoms with E-state index in [1.807, 2.05) is 30.3 Å². The zero-order valence-electron chi connectivity index (χ0n) is 15.0. The van der Waals surface area contributed by atoms with Crippen molar-refractivity contribution in [3.63, 3.8) is 0 Å². The number of aliphatic hydroxyl groups excluding tert-OH is 1. The fraction of sp³-hybridized carbons (Fsp3) is 0.438. The Balaban J connectivity index is 2.28. The minimum Gasteiger partial charge on any atom is -0.394 e. The summed E-state index contributed by atoms with van der Waals surface area (Å²) in [6.45, 7) is 6.35. The Bertz CT molecular complexity index is 822. The van der Waals surface area contributed by atoms with E-state index in [-0.39, 0.29) is 11.5 Å². The molecule has 0 saturated heterocycles. The van der Waals surface area contributed by atoms with E-state index in [0.717, 1.165) is 9.69 Å². The number of hydrogen-bond donors (Lipinski definition) is 1. The van der Waals surface area contributed by atoms with Crippen LogP contribution in [-0.4, -0.2) is 48.9 Å². The van der Waals surface area contributed by atoms with Gasteiger partial charge in [0.15, 0.2) is 7.98 Å². The number of aromatic nitrogens is 2. The molecule has 0 bridgehead atoms. The van der Waals surface area contributed by atoms with Gasteiger partial charge in [-0.1, -0.05) is 42.7 Å². The van der Waals surface area contributed by atoms with E-state index in [2.05, 4.69) is 5.10 Å². The van der Waals surface area contributed by atoms with Gasteiger partial charge in [0.1, 0.15) is 4.90 Å². The molecule has 1 aromatic carbocycles. The summed E-state index contributed by atoms with van der Waals surface area (Å²) in [5.74, 6) is 0. The molecule has 1 heterocycles. The van der Waals surface area contributed by atoms with Crippen molar-refractivity contribution < 1.29 is 13.5 Å². The van der Waals surface area contributed by atoms with E-state index in [1.165, 1.54) is 10.9 Å². The summed E-state index contributed by atoms with van der Waals surface area (Å²) in [5, 5.41) is 13.7. The number of aliphatic hydroxyl groups is 1. The largest absolute Gasteiger partial charge is 0.394 e. The van der Waals surface area contributed by atoms with Gasteiger partial charge in [0, 0.05) is 6.20 Å². The molecule has 0 aliphatic carbocycles. The molecule has 1 N–H and O–H groups in total. The molecule has 132 valence electrons. The lowest BCUT2D eigenvalue weighted by molar-refractivity contribution is 0.151. The van der Waals surface area contributed by atoms with Crippen molar-refractivity contribution in [1.29, 1.82) is 0 Å². The molecule has 2 radical (unpaired) electrons. The molecule has 0 unspecified atom stereocenters. The molecule has 0 saturated carbocycles. The summed E-state index contributed by atoms with van der Waals surface area (Å²) in [6.07, 6.45) is 1.93. The number of sulfonamides is 1. The maximum absolute atomic E-state index is 12.9. The van der Waals surface area contributed by atoms with Gasteiger partial charge in [-0.15, -0.1) is 0 Å². The van der Waals surface area contributed by atoms with Crippen LogP contribution in [0, 0.1) is 6.92 Å². The smallest absolute Gasteiger partial charge is 0.227 e. The number of hydrogen-bond acceptors (Lipinski definition) is 4. The van der Waals surface area contributed by atoms with Gasteiger partial charge in [0.05, 0.1) is 17.8 Å². The fourth-order valence-electron chi connectivity index (χ4n) is 2.48. The first-order valence-electron chi connectivity index (χ1n) is 8.10. The third-order valence-electron chi connectivity index (χ3n) is 4.22. The van der Waals surface area contributed by atoms with Crippen molar-refractivity contribution in [2.75, 3.05) is 6.61 Å². The van der Waals surface area contributed by atoms with E-state index >= 15 is 0 Å². The number of benzene rings is 1. The molecule has 2 rings (SSSR count). The van der Waals surface area contributed by atoms with Crippen molar-refractivity contribution in [2.45, 2.75) is 44.3 Å². The van der Waals surface area contributed by atoms with Crippen LogP contribution in [0.15, 0.2) is 41.4 Å². The van der Waals surface area contributed by atoms with Crippen LogP contribution in [0.25, 0.3) is 0 Å². The molecular formula is C16H23B2N3O3S. The Morgan fingerprint density at radius 2 is 1.92 bits per heavy atom. The first-order chi connectivity index (χ1) is 11.6. The summed E-state index contributed by atoms with van der Waals surface area (Å²) in [4.78, 5) is 0.0523. The Morgan fingerprint density at radius 1 is 1.32 bits per heavy atom. The molecule has 0 aliphatic heterocycles. The first-order valence-corrected chi connectivity index (χ1v) is 9.54. The van der Waals surface area contributed by atoms with E-state index in [4.69, 9.17) is 7.98 Å². The minimum atomic E-state index is -3.89. The molecule has 0 fully saturated rings. The van der Waals surface area contributed by atoms with Crippen LogP contribution in [0.5, 0.6) is 0 Å². The summed E-state index contributed by atoms with van der Waals surface area (Å²) in [7, 11) is 2.06. The molecule has 0 spiro atoms. The van der Waals surface area contributed by atoms with Gasteiger partial charge in [-0.2, -0.15) is 5.10 Å². The molecule has 25 heavy (non-hydrogen) atoms. The zero-order chi connectivity index (χ0) is 18.8. The Kier molecular flexibility index (Phi) is 5.81. The van der Waals surface area contributed by atoms with Gasteiger partial charge >= 0.3 is 0 Å². The lowest BCUT2D eigenvalue weighted by Gasteiger charge is -2.23. The highest BCUT2D eigenvalue weighted by molar-refractivity contribution is 7.91. The number of aryl methyl sites for hydroxylation is 1. The van der Waals surface area contributed by atoms with Crippen molar-refractivity contribution >= 4 is 24.9 Å². The van der Waals surface area contributed by atoms with Crippen LogP contribution >= 0.6 is 0 Å². The average molecular weight is 359 g/mol. The second-order valence-corrected chi connectivity index (χ2v) is 8.68. The highest BCUT2D eigenvalue weighted by Crippen LogP contribution is 2.23. The summed E-state index contributed by atoms with van der Waals surface area (Å²) < 4.78 is 28.1. The Labute approximate surface area is 151 Å². The van der Waals surface area contributed by atoms with Crippen molar-refractivity contribution in [3.8, 4) is 0 Å². The van der Waals surface area contributed by atoms with Gasteiger partial charge in [0.2, 0.25) is 16.9 Å². The molecule has 6 nitrogen and oxygen atoms in total. The summed E-state index contributed by atoms with van der Waals surface area (Å²) in [6, 6.07) is 9.59. The fourth-order valence-corrected chi connectivity index (χ4v) is 3.90. The predicted octanol–water partition coefficient (Wildman–Crippen LogP) is 1.40. The lowest BCUT2D eigenvalue weighted by atomic mass is 9.58. The van der Waals surface area contributed by atoms with Gasteiger partial charge in [-0.25, -0.2) is 8.42 Å². The molecular weight excluding hydrogens is 336 g/mol. The van der Waals surface area contributed by atoms with Crippen LogP contribution in [0.3, 0.4) is 0 Å². The molecule has 9 heteroatoms. The first kappa shape index (κ1) is 19.8. The standard InChI is InChI=1S/C16H23B2N3O3S/c1-13-15(11-20(19-13)16(2,3)12-22)25(23,24)21(17)18(4)10-14-8-6-5-7-9-14/h5-9,11,22H,10,12H2,1-4H3. The maximum Gasteiger partial charge on any atom is 0.227 e. The van der Waals surface area contributed by atoms with Crippen molar-refractivity contribution in [3.05, 3.63) is 47.8 Å². The highest BCUT2D eigenvalue weighted by atomic mass is 32.2. The zero-order valence-corrected chi connectivity index (χ0v) is 15.9. The second-order valence-electron chi connectivity index (χ2n) is 6.87. The van der Waals surface area contributed by atoms with E-state index in [0.29, 0.717) is 12.0 Å². The van der Waals surface area contributed by atoms with Crippen molar-refractivity contribution in [2.24, 2.45) is 0 Å². The van der Waals surface area contributed by atoms with Gasteiger partial charge in [0.25, 0.3) is 0 Å². The molecule has 0 aliphatic rings. The third kappa shape index (κ3) is 4.16. The second kappa shape index (κ2) is 7.35. The summed E-state index contributed by atoms with van der Waals surface area (Å²) in [5.41, 5.74) is 0.659. The van der Waals surface area contributed by atoms with Crippen LogP contribution in [0.4, 0.5) is 0 Å². The van der Waals surface area contributed by atoms with Gasteiger partial charge < -0.3 is 5.11 Å². The van der Waals surface area contributed by atoms with Crippen LogP contribution in [-0.2, 0) is 21.9 Å². The maximum atomic E-state index is 12.9. The highest BCUT2D eigenvalue weighted by Gasteiger charge is 2.32. The van der Waals surface area contributed by atoms with E-state index < -0.39 is 22.4 Å². The molecule has 0 atom stereocenters. The normalized spacial score (nSPS) is 12.6. The monoisotopic (exact) mass is 359 g/mol.